The first kappa shape index (κ1) is 15.0. The predicted molar refractivity (Wildman–Crippen MR) is 72.6 cm³/mol. The average molecular weight is 326 g/mol. The summed E-state index contributed by atoms with van der Waals surface area (Å²) in [5.41, 5.74) is 0.906. The van der Waals surface area contributed by atoms with Crippen molar-refractivity contribution in [3.63, 3.8) is 0 Å². The molecule has 0 aliphatic heterocycles. The summed E-state index contributed by atoms with van der Waals surface area (Å²) < 4.78 is 0.756. The number of carboxylic acid groups (broad SMARTS) is 1. The summed E-state index contributed by atoms with van der Waals surface area (Å²) >= 11 is 3.24. The van der Waals surface area contributed by atoms with Gasteiger partial charge in [0, 0.05) is 17.9 Å². The van der Waals surface area contributed by atoms with E-state index in [1.807, 2.05) is 6.07 Å². The lowest BCUT2D eigenvalue weighted by Gasteiger charge is -2.15. The molecule has 1 amide bonds. The van der Waals surface area contributed by atoms with E-state index in [1.54, 1.807) is 18.2 Å². The molecule has 1 aromatic carbocycles. The van der Waals surface area contributed by atoms with Gasteiger partial charge in [0.15, 0.2) is 0 Å². The lowest BCUT2D eigenvalue weighted by atomic mass is 10.2. The van der Waals surface area contributed by atoms with Gasteiger partial charge >= 0.3 is 5.97 Å². The number of aliphatic carboxylic acids is 1. The number of amides is 1. The van der Waals surface area contributed by atoms with Crippen LogP contribution in [-0.2, 0) is 9.59 Å². The van der Waals surface area contributed by atoms with Crippen molar-refractivity contribution in [1.29, 1.82) is 5.26 Å². The molecule has 1 atom stereocenters. The molecule has 0 saturated heterocycles. The van der Waals surface area contributed by atoms with Crippen LogP contribution in [0.3, 0.4) is 0 Å². The van der Waals surface area contributed by atoms with E-state index in [-0.39, 0.29) is 6.54 Å². The van der Waals surface area contributed by atoms with Crippen LogP contribution >= 0.6 is 15.9 Å². The zero-order valence-electron chi connectivity index (χ0n) is 10.1. The maximum atomic E-state index is 10.9. The molecule has 100 valence electrons. The minimum absolute atomic E-state index is 0.00870. The molecule has 1 aromatic rings. The van der Waals surface area contributed by atoms with Gasteiger partial charge in [0.1, 0.15) is 12.1 Å². The summed E-state index contributed by atoms with van der Waals surface area (Å²) in [6, 6.07) is 5.97. The Kier molecular flexibility index (Phi) is 5.33. The Labute approximate surface area is 118 Å². The molecule has 6 nitrogen and oxygen atoms in total. The Hall–Kier alpha value is -2.07. The molecule has 0 aliphatic carbocycles. The van der Waals surface area contributed by atoms with Gasteiger partial charge in [-0.2, -0.15) is 5.26 Å². The van der Waals surface area contributed by atoms with E-state index < -0.39 is 17.9 Å². The van der Waals surface area contributed by atoms with E-state index in [2.05, 4.69) is 26.6 Å². The largest absolute Gasteiger partial charge is 0.480 e. The molecule has 0 aromatic heterocycles. The third kappa shape index (κ3) is 4.60. The zero-order valence-corrected chi connectivity index (χ0v) is 11.7. The fourth-order valence-corrected chi connectivity index (χ4v) is 1.78. The van der Waals surface area contributed by atoms with Crippen LogP contribution in [0, 0.1) is 11.3 Å². The number of rotatable bonds is 5. The van der Waals surface area contributed by atoms with Crippen LogP contribution in [0.4, 0.5) is 5.69 Å². The second-order valence-corrected chi connectivity index (χ2v) is 4.69. The molecule has 0 radical (unpaired) electrons. The van der Waals surface area contributed by atoms with E-state index >= 15 is 0 Å². The van der Waals surface area contributed by atoms with Gasteiger partial charge in [-0.15, -0.1) is 0 Å². The number of carbonyl (C=O) groups is 2. The second-order valence-electron chi connectivity index (χ2n) is 3.77. The Morgan fingerprint density at radius 1 is 1.53 bits per heavy atom. The van der Waals surface area contributed by atoms with E-state index in [9.17, 15) is 9.59 Å². The van der Waals surface area contributed by atoms with Crippen molar-refractivity contribution in [1.82, 2.24) is 5.32 Å². The van der Waals surface area contributed by atoms with Gasteiger partial charge in [0.2, 0.25) is 5.91 Å². The minimum Gasteiger partial charge on any atom is -0.480 e. The SMILES string of the molecule is CC(=O)NC(CNc1ccc(Br)cc1C#N)C(=O)O. The predicted octanol–water partition coefficient (Wildman–Crippen LogP) is 1.32. The molecular weight excluding hydrogens is 314 g/mol. The number of nitrogens with one attached hydrogen (secondary N) is 2. The van der Waals surface area contributed by atoms with Gasteiger partial charge in [-0.1, -0.05) is 15.9 Å². The van der Waals surface area contributed by atoms with Crippen LogP contribution in [0.15, 0.2) is 22.7 Å². The van der Waals surface area contributed by atoms with E-state index in [0.717, 1.165) is 4.47 Å². The van der Waals surface area contributed by atoms with Crippen molar-refractivity contribution in [3.8, 4) is 6.07 Å². The Morgan fingerprint density at radius 2 is 2.21 bits per heavy atom. The van der Waals surface area contributed by atoms with Gasteiger partial charge in [-0.05, 0) is 18.2 Å². The summed E-state index contributed by atoms with van der Waals surface area (Å²) in [6.45, 7) is 1.24. The van der Waals surface area contributed by atoms with Crippen LogP contribution in [-0.4, -0.2) is 29.6 Å². The number of hydrogen-bond acceptors (Lipinski definition) is 4. The molecule has 0 aliphatic rings. The number of benzene rings is 1. The number of hydrogen-bond donors (Lipinski definition) is 3. The van der Waals surface area contributed by atoms with Crippen molar-refractivity contribution in [3.05, 3.63) is 28.2 Å². The normalized spacial score (nSPS) is 11.2. The summed E-state index contributed by atoms with van der Waals surface area (Å²) in [7, 11) is 0. The number of anilines is 1. The lowest BCUT2D eigenvalue weighted by molar-refractivity contribution is -0.141. The average Bonchev–Trinajstić information content (AvgIpc) is 2.34. The molecule has 0 heterocycles. The highest BCUT2D eigenvalue weighted by Gasteiger charge is 2.18. The van der Waals surface area contributed by atoms with Crippen molar-refractivity contribution in [2.45, 2.75) is 13.0 Å². The molecule has 3 N–H and O–H groups in total. The highest BCUT2D eigenvalue weighted by atomic mass is 79.9. The fraction of sp³-hybridized carbons (Fsp3) is 0.250. The number of nitrogens with zero attached hydrogens (tertiary/aromatic N) is 1. The smallest absolute Gasteiger partial charge is 0.328 e. The van der Waals surface area contributed by atoms with Crippen molar-refractivity contribution in [2.75, 3.05) is 11.9 Å². The topological polar surface area (TPSA) is 102 Å². The summed E-state index contributed by atoms with van der Waals surface area (Å²) in [5.74, 6) is -1.57. The van der Waals surface area contributed by atoms with Crippen LogP contribution < -0.4 is 10.6 Å². The molecule has 0 fully saturated rings. The van der Waals surface area contributed by atoms with E-state index in [1.165, 1.54) is 6.92 Å². The maximum absolute atomic E-state index is 10.9. The molecule has 1 unspecified atom stereocenters. The monoisotopic (exact) mass is 325 g/mol. The standard InChI is InChI=1S/C12H12BrN3O3/c1-7(17)16-11(12(18)19)6-15-10-3-2-9(13)4-8(10)5-14/h2-4,11,15H,6H2,1H3,(H,16,17)(H,18,19). The lowest BCUT2D eigenvalue weighted by Crippen LogP contribution is -2.44. The summed E-state index contributed by atoms with van der Waals surface area (Å²) in [5, 5.41) is 23.1. The van der Waals surface area contributed by atoms with Gasteiger partial charge < -0.3 is 15.7 Å². The summed E-state index contributed by atoms with van der Waals surface area (Å²) in [4.78, 5) is 21.8. The first-order valence-electron chi connectivity index (χ1n) is 5.37. The Balaban J connectivity index is 2.77. The molecule has 7 heteroatoms. The van der Waals surface area contributed by atoms with Crippen LogP contribution in [0.1, 0.15) is 12.5 Å². The number of carbonyl (C=O) groups excluding carboxylic acids is 1. The van der Waals surface area contributed by atoms with Gasteiger partial charge in [-0.3, -0.25) is 4.79 Å². The number of halogens is 1. The molecular formula is C12H12BrN3O3. The van der Waals surface area contributed by atoms with Crippen LogP contribution in [0.25, 0.3) is 0 Å². The second kappa shape index (κ2) is 6.75. The first-order chi connectivity index (χ1) is 8.93. The zero-order chi connectivity index (χ0) is 14.4. The van der Waals surface area contributed by atoms with Gasteiger partial charge in [0.05, 0.1) is 11.3 Å². The van der Waals surface area contributed by atoms with E-state index in [4.69, 9.17) is 10.4 Å². The molecule has 0 bridgehead atoms. The van der Waals surface area contributed by atoms with Crippen LogP contribution in [0.2, 0.25) is 0 Å². The number of carboxylic acids is 1. The number of nitriles is 1. The van der Waals surface area contributed by atoms with Gasteiger partial charge in [-0.25, -0.2) is 4.79 Å². The highest BCUT2D eigenvalue weighted by Crippen LogP contribution is 2.20. The fourth-order valence-electron chi connectivity index (χ4n) is 1.42. The summed E-state index contributed by atoms with van der Waals surface area (Å²) in [6.07, 6.45) is 0. The Morgan fingerprint density at radius 3 is 2.74 bits per heavy atom. The molecule has 1 rings (SSSR count). The highest BCUT2D eigenvalue weighted by molar-refractivity contribution is 9.10. The quantitative estimate of drug-likeness (QED) is 0.757. The molecule has 0 spiro atoms. The maximum Gasteiger partial charge on any atom is 0.328 e. The molecule has 0 saturated carbocycles. The van der Waals surface area contributed by atoms with Crippen molar-refractivity contribution in [2.24, 2.45) is 0 Å². The first-order valence-corrected chi connectivity index (χ1v) is 6.16. The third-order valence-corrected chi connectivity index (χ3v) is 2.77. The van der Waals surface area contributed by atoms with Crippen molar-refractivity contribution < 1.29 is 14.7 Å². The molecule has 19 heavy (non-hydrogen) atoms. The van der Waals surface area contributed by atoms with Crippen LogP contribution in [0.5, 0.6) is 0 Å². The van der Waals surface area contributed by atoms with Crippen molar-refractivity contribution >= 4 is 33.5 Å². The van der Waals surface area contributed by atoms with E-state index in [0.29, 0.717) is 11.3 Å². The minimum atomic E-state index is -1.14. The third-order valence-electron chi connectivity index (χ3n) is 2.27. The Bertz CT molecular complexity index is 540. The van der Waals surface area contributed by atoms with Gasteiger partial charge in [0.25, 0.3) is 0 Å².